The largest absolute Gasteiger partial charge is 0.493 e. The van der Waals surface area contributed by atoms with Gasteiger partial charge in [0.15, 0.2) is 11.5 Å². The van der Waals surface area contributed by atoms with Gasteiger partial charge in [0.1, 0.15) is 19.3 Å². The number of nitrogens with zero attached hydrogens (tertiary/aromatic N) is 3. The highest BCUT2D eigenvalue weighted by Crippen LogP contribution is 2.40. The summed E-state index contributed by atoms with van der Waals surface area (Å²) >= 11 is 13.7. The summed E-state index contributed by atoms with van der Waals surface area (Å²) in [7, 11) is 1.57. The van der Waals surface area contributed by atoms with Crippen molar-refractivity contribution in [1.29, 1.82) is 0 Å². The van der Waals surface area contributed by atoms with Gasteiger partial charge >= 0.3 is 5.97 Å². The standard InChI is InChI=1S/C30H28Cl2N4O4S/c1-4-41-30-34-29-33-18(2)26(28(37)40-16-19-8-6-5-7-9-19)27(36(29)35-30)21-11-13-24(25(15-21)38-3)39-17-20-10-12-22(31)23(32)14-20/h5-15,27H,4,16-17H2,1-3H3,(H,33,34,35). The molecule has 0 radical (unpaired) electrons. The lowest BCUT2D eigenvalue weighted by Crippen LogP contribution is -2.29. The zero-order valence-corrected chi connectivity index (χ0v) is 25.0. The Labute approximate surface area is 252 Å². The van der Waals surface area contributed by atoms with Gasteiger partial charge in [-0.2, -0.15) is 4.98 Å². The van der Waals surface area contributed by atoms with E-state index in [1.807, 2.05) is 68.4 Å². The van der Waals surface area contributed by atoms with E-state index in [-0.39, 0.29) is 13.2 Å². The van der Waals surface area contributed by atoms with Gasteiger partial charge in [-0.05, 0) is 53.6 Å². The first-order valence-corrected chi connectivity index (χ1v) is 14.6. The number of benzene rings is 3. The maximum atomic E-state index is 13.6. The van der Waals surface area contributed by atoms with E-state index in [0.29, 0.717) is 43.9 Å². The number of esters is 1. The molecule has 0 bridgehead atoms. The molecular weight excluding hydrogens is 583 g/mol. The monoisotopic (exact) mass is 610 g/mol. The van der Waals surface area contributed by atoms with Crippen molar-refractivity contribution in [2.24, 2.45) is 0 Å². The van der Waals surface area contributed by atoms with Gasteiger partial charge in [0.05, 0.1) is 22.7 Å². The molecule has 5 rings (SSSR count). The first-order chi connectivity index (χ1) is 19.9. The molecule has 8 nitrogen and oxygen atoms in total. The highest BCUT2D eigenvalue weighted by Gasteiger charge is 2.36. The molecule has 1 aliphatic heterocycles. The van der Waals surface area contributed by atoms with Crippen LogP contribution >= 0.6 is 35.0 Å². The van der Waals surface area contributed by atoms with Gasteiger partial charge in [0.2, 0.25) is 11.1 Å². The molecule has 41 heavy (non-hydrogen) atoms. The molecule has 1 aliphatic rings. The van der Waals surface area contributed by atoms with Crippen LogP contribution in [0.2, 0.25) is 10.0 Å². The summed E-state index contributed by atoms with van der Waals surface area (Å²) in [6.45, 7) is 4.28. The maximum Gasteiger partial charge on any atom is 0.338 e. The Hall–Kier alpha value is -3.66. The SMILES string of the molecule is CCSc1nc2n(n1)C(c1ccc(OCc3ccc(Cl)c(Cl)c3)c(OC)c1)C(C(=O)OCc1ccccc1)=C(C)N2. The van der Waals surface area contributed by atoms with Crippen molar-refractivity contribution in [3.05, 3.63) is 105 Å². The number of methoxy groups -OCH3 is 1. The highest BCUT2D eigenvalue weighted by atomic mass is 35.5. The molecule has 0 saturated carbocycles. The third kappa shape index (κ3) is 6.48. The van der Waals surface area contributed by atoms with Crippen LogP contribution in [0.4, 0.5) is 5.95 Å². The minimum atomic E-state index is -0.605. The molecule has 2 heterocycles. The van der Waals surface area contributed by atoms with E-state index in [4.69, 9.17) is 42.5 Å². The van der Waals surface area contributed by atoms with Crippen molar-refractivity contribution < 1.29 is 19.0 Å². The number of halogens is 2. The first-order valence-electron chi connectivity index (χ1n) is 12.9. The van der Waals surface area contributed by atoms with E-state index in [1.54, 1.807) is 23.9 Å². The summed E-state index contributed by atoms with van der Waals surface area (Å²) < 4.78 is 19.2. The van der Waals surface area contributed by atoms with Crippen LogP contribution in [0.1, 0.15) is 36.6 Å². The van der Waals surface area contributed by atoms with Crippen LogP contribution in [0.25, 0.3) is 0 Å². The van der Waals surface area contributed by atoms with Crippen LogP contribution in [-0.4, -0.2) is 33.6 Å². The summed E-state index contributed by atoms with van der Waals surface area (Å²) in [6, 6.07) is 19.8. The Bertz CT molecular complexity index is 1590. The fourth-order valence-corrected chi connectivity index (χ4v) is 5.33. The smallest absolute Gasteiger partial charge is 0.338 e. The van der Waals surface area contributed by atoms with Gasteiger partial charge in [-0.3, -0.25) is 0 Å². The number of anilines is 1. The van der Waals surface area contributed by atoms with Crippen molar-refractivity contribution in [2.75, 3.05) is 18.2 Å². The lowest BCUT2D eigenvalue weighted by molar-refractivity contribution is -0.140. The summed E-state index contributed by atoms with van der Waals surface area (Å²) in [5.74, 6) is 1.94. The minimum absolute atomic E-state index is 0.148. The predicted molar refractivity (Wildman–Crippen MR) is 161 cm³/mol. The lowest BCUT2D eigenvalue weighted by Gasteiger charge is -2.28. The van der Waals surface area contributed by atoms with E-state index in [1.165, 1.54) is 11.8 Å². The lowest BCUT2D eigenvalue weighted by atomic mass is 9.95. The molecule has 3 aromatic carbocycles. The number of carbonyl (C=O) groups is 1. The van der Waals surface area contributed by atoms with Crippen LogP contribution in [0, 0.1) is 0 Å². The number of aromatic nitrogens is 3. The molecule has 0 aliphatic carbocycles. The predicted octanol–water partition coefficient (Wildman–Crippen LogP) is 7.32. The van der Waals surface area contributed by atoms with Gasteiger partial charge in [-0.1, -0.05) is 84.4 Å². The number of fused-ring (bicyclic) bond motifs is 1. The molecule has 1 N–H and O–H groups in total. The van der Waals surface area contributed by atoms with Crippen molar-refractivity contribution in [3.8, 4) is 11.5 Å². The van der Waals surface area contributed by atoms with E-state index in [2.05, 4.69) is 10.3 Å². The number of allylic oxidation sites excluding steroid dienone is 1. The number of rotatable bonds is 10. The van der Waals surface area contributed by atoms with E-state index < -0.39 is 12.0 Å². The second-order valence-electron chi connectivity index (χ2n) is 9.17. The Kier molecular flexibility index (Phi) is 9.07. The summed E-state index contributed by atoms with van der Waals surface area (Å²) in [6.07, 6.45) is 0. The fraction of sp³-hybridized carbons (Fsp3) is 0.233. The minimum Gasteiger partial charge on any atom is -0.493 e. The topological polar surface area (TPSA) is 87.5 Å². The zero-order chi connectivity index (χ0) is 28.9. The van der Waals surface area contributed by atoms with E-state index in [9.17, 15) is 4.79 Å². The van der Waals surface area contributed by atoms with Gasteiger partial charge in [-0.15, -0.1) is 5.10 Å². The van der Waals surface area contributed by atoms with Crippen LogP contribution in [0.15, 0.2) is 83.2 Å². The number of thioether (sulfide) groups is 1. The third-order valence-electron chi connectivity index (χ3n) is 6.42. The molecule has 11 heteroatoms. The molecule has 212 valence electrons. The third-order valence-corrected chi connectivity index (χ3v) is 7.88. The van der Waals surface area contributed by atoms with Crippen molar-refractivity contribution in [3.63, 3.8) is 0 Å². The van der Waals surface area contributed by atoms with Gasteiger partial charge in [0.25, 0.3) is 0 Å². The Morgan fingerprint density at radius 1 is 1.00 bits per heavy atom. The molecule has 0 fully saturated rings. The van der Waals surface area contributed by atoms with Crippen LogP contribution in [0.3, 0.4) is 0 Å². The quantitative estimate of drug-likeness (QED) is 0.148. The molecule has 0 saturated heterocycles. The molecule has 1 atom stereocenters. The number of nitrogens with one attached hydrogen (secondary N) is 1. The Morgan fingerprint density at radius 2 is 1.80 bits per heavy atom. The molecule has 0 amide bonds. The van der Waals surface area contributed by atoms with Crippen LogP contribution < -0.4 is 14.8 Å². The maximum absolute atomic E-state index is 13.6. The molecule has 4 aromatic rings. The number of carbonyl (C=O) groups excluding carboxylic acids is 1. The summed E-state index contributed by atoms with van der Waals surface area (Å²) in [5.41, 5.74) is 3.58. The first kappa shape index (κ1) is 28.9. The normalized spacial score (nSPS) is 14.3. The Balaban J connectivity index is 1.47. The van der Waals surface area contributed by atoms with Crippen molar-refractivity contribution in [1.82, 2.24) is 14.8 Å². The fourth-order valence-electron chi connectivity index (χ4n) is 4.46. The molecule has 0 spiro atoms. The van der Waals surface area contributed by atoms with Gasteiger partial charge in [0, 0.05) is 5.70 Å². The van der Waals surface area contributed by atoms with Gasteiger partial charge in [-0.25, -0.2) is 9.48 Å². The van der Waals surface area contributed by atoms with Crippen molar-refractivity contribution >= 4 is 46.9 Å². The second-order valence-corrected chi connectivity index (χ2v) is 11.2. The van der Waals surface area contributed by atoms with E-state index in [0.717, 1.165) is 22.4 Å². The van der Waals surface area contributed by atoms with Gasteiger partial charge < -0.3 is 19.5 Å². The number of hydrogen-bond donors (Lipinski definition) is 1. The zero-order valence-electron chi connectivity index (χ0n) is 22.7. The average Bonchev–Trinajstić information content (AvgIpc) is 3.38. The highest BCUT2D eigenvalue weighted by molar-refractivity contribution is 7.99. The Morgan fingerprint density at radius 3 is 2.54 bits per heavy atom. The molecule has 1 aromatic heterocycles. The summed E-state index contributed by atoms with van der Waals surface area (Å²) in [5, 5.41) is 9.50. The number of ether oxygens (including phenoxy) is 3. The van der Waals surface area contributed by atoms with Crippen LogP contribution in [-0.2, 0) is 22.7 Å². The average molecular weight is 612 g/mol. The van der Waals surface area contributed by atoms with Crippen molar-refractivity contribution in [2.45, 2.75) is 38.3 Å². The second kappa shape index (κ2) is 12.9. The van der Waals surface area contributed by atoms with Crippen LogP contribution in [0.5, 0.6) is 11.5 Å². The molecule has 1 unspecified atom stereocenters. The molecular formula is C30H28Cl2N4O4S. The number of hydrogen-bond acceptors (Lipinski definition) is 8. The summed E-state index contributed by atoms with van der Waals surface area (Å²) in [4.78, 5) is 18.2. The van der Waals surface area contributed by atoms with E-state index >= 15 is 0 Å².